The molecule has 0 aromatic rings. The Morgan fingerprint density at radius 2 is 1.00 bits per heavy atom. The Hall–Kier alpha value is -1.01. The van der Waals surface area contributed by atoms with Crippen LogP contribution in [-0.4, -0.2) is 142 Å². The Morgan fingerprint density at radius 1 is 0.547 bits per heavy atom. The molecule has 0 spiro atoms. The molecule has 0 amide bonds. The summed E-state index contributed by atoms with van der Waals surface area (Å²) in [6, 6.07) is 0. The van der Waals surface area contributed by atoms with Gasteiger partial charge in [-0.3, -0.25) is 4.79 Å². The average Bonchev–Trinajstić information content (AvgIpc) is 3.15. The highest BCUT2D eigenvalue weighted by Gasteiger charge is 2.47. The summed E-state index contributed by atoms with van der Waals surface area (Å²) in [7, 11) is 0. The van der Waals surface area contributed by atoms with Crippen molar-refractivity contribution in [1.82, 2.24) is 0 Å². The van der Waals surface area contributed by atoms with Crippen molar-refractivity contribution in [1.29, 1.82) is 0 Å². The second kappa shape index (κ2) is 29.3. The van der Waals surface area contributed by atoms with Crippen molar-refractivity contribution >= 4 is 5.97 Å². The number of carbonyl (C=O) groups excluding carboxylic acids is 1. The first-order chi connectivity index (χ1) is 25.6. The van der Waals surface area contributed by atoms with Crippen molar-refractivity contribution in [2.45, 2.75) is 210 Å². The van der Waals surface area contributed by atoms with E-state index in [1.807, 2.05) is 0 Å². The molecule has 2 fully saturated rings. The minimum atomic E-state index is -1.70. The van der Waals surface area contributed by atoms with Crippen molar-refractivity contribution in [3.8, 4) is 0 Å². The maximum absolute atomic E-state index is 12.8. The van der Waals surface area contributed by atoms with Gasteiger partial charge in [-0.2, -0.15) is 0 Å². The molecule has 0 radical (unpaired) electrons. The second-order valence-corrected chi connectivity index (χ2v) is 14.8. The summed E-state index contributed by atoms with van der Waals surface area (Å²) in [5, 5.41) is 71.6. The van der Waals surface area contributed by atoms with Crippen LogP contribution in [0.25, 0.3) is 0 Å². The average molecular weight is 767 g/mol. The summed E-state index contributed by atoms with van der Waals surface area (Å²) in [5.74, 6) is -0.380. The fourth-order valence-electron chi connectivity index (χ4n) is 6.64. The molecule has 2 aliphatic rings. The van der Waals surface area contributed by atoms with Crippen LogP contribution in [0.4, 0.5) is 0 Å². The SMILES string of the molecule is CCCCCCCCCCCCCOCC(COC1OC(COC2OC(CO)C(O)C(O)C2O)C(O)C(O)C1O)OC(=O)CCCCCCCCCC. The molecule has 7 N–H and O–H groups in total. The van der Waals surface area contributed by atoms with Gasteiger partial charge in [0.15, 0.2) is 12.6 Å². The van der Waals surface area contributed by atoms with Gasteiger partial charge in [0.05, 0.1) is 26.4 Å². The summed E-state index contributed by atoms with van der Waals surface area (Å²) in [5.41, 5.74) is 0. The van der Waals surface area contributed by atoms with E-state index in [2.05, 4.69) is 13.8 Å². The molecule has 2 saturated heterocycles. The molecule has 11 atom stereocenters. The van der Waals surface area contributed by atoms with Crippen LogP contribution in [0.2, 0.25) is 0 Å². The van der Waals surface area contributed by atoms with Gasteiger partial charge in [0.1, 0.15) is 54.9 Å². The van der Waals surface area contributed by atoms with E-state index in [0.29, 0.717) is 13.0 Å². The molecule has 0 aliphatic carbocycles. The first kappa shape index (κ1) is 48.1. The van der Waals surface area contributed by atoms with E-state index in [1.54, 1.807) is 0 Å². The smallest absolute Gasteiger partial charge is 0.306 e. The van der Waals surface area contributed by atoms with Gasteiger partial charge < -0.3 is 64.2 Å². The van der Waals surface area contributed by atoms with Crippen molar-refractivity contribution in [2.24, 2.45) is 0 Å². The quantitative estimate of drug-likeness (QED) is 0.0398. The third kappa shape index (κ3) is 19.1. The summed E-state index contributed by atoms with van der Waals surface area (Å²) in [6.07, 6.45) is 6.26. The van der Waals surface area contributed by atoms with Crippen LogP contribution in [0.5, 0.6) is 0 Å². The highest BCUT2D eigenvalue weighted by molar-refractivity contribution is 5.69. The van der Waals surface area contributed by atoms with Crippen LogP contribution in [0.1, 0.15) is 142 Å². The second-order valence-electron chi connectivity index (χ2n) is 14.8. The molecule has 14 nitrogen and oxygen atoms in total. The number of ether oxygens (including phenoxy) is 6. The largest absolute Gasteiger partial charge is 0.457 e. The Kier molecular flexibility index (Phi) is 26.6. The molecule has 0 bridgehead atoms. The molecule has 53 heavy (non-hydrogen) atoms. The summed E-state index contributed by atoms with van der Waals surface area (Å²) < 4.78 is 34.0. The van der Waals surface area contributed by atoms with Crippen LogP contribution in [0.3, 0.4) is 0 Å². The molecule has 2 heterocycles. The van der Waals surface area contributed by atoms with E-state index >= 15 is 0 Å². The van der Waals surface area contributed by atoms with E-state index in [0.717, 1.165) is 38.5 Å². The summed E-state index contributed by atoms with van der Waals surface area (Å²) in [6.45, 7) is 3.63. The van der Waals surface area contributed by atoms with Crippen LogP contribution in [-0.2, 0) is 33.2 Å². The van der Waals surface area contributed by atoms with Crippen LogP contribution < -0.4 is 0 Å². The van der Waals surface area contributed by atoms with Gasteiger partial charge in [0.2, 0.25) is 0 Å². The Morgan fingerprint density at radius 3 is 1.53 bits per heavy atom. The van der Waals surface area contributed by atoms with E-state index in [1.165, 1.54) is 77.0 Å². The number of hydrogen-bond acceptors (Lipinski definition) is 14. The number of carbonyl (C=O) groups is 1. The van der Waals surface area contributed by atoms with Gasteiger partial charge in [-0.25, -0.2) is 0 Å². The number of aliphatic hydroxyl groups excluding tert-OH is 7. The van der Waals surface area contributed by atoms with Crippen LogP contribution in [0.15, 0.2) is 0 Å². The number of rotatable bonds is 31. The van der Waals surface area contributed by atoms with E-state index in [4.69, 9.17) is 28.4 Å². The summed E-state index contributed by atoms with van der Waals surface area (Å²) >= 11 is 0. The topological polar surface area (TPSA) is 214 Å². The number of esters is 1. The molecule has 314 valence electrons. The van der Waals surface area contributed by atoms with E-state index in [-0.39, 0.29) is 25.6 Å². The highest BCUT2D eigenvalue weighted by atomic mass is 16.7. The van der Waals surface area contributed by atoms with E-state index < -0.39 is 80.7 Å². The Bertz CT molecular complexity index is 896. The lowest BCUT2D eigenvalue weighted by Gasteiger charge is -2.42. The molecular formula is C39H74O14. The van der Waals surface area contributed by atoms with Gasteiger partial charge in [-0.15, -0.1) is 0 Å². The zero-order chi connectivity index (χ0) is 38.8. The molecule has 0 saturated carbocycles. The molecule has 11 unspecified atom stereocenters. The third-order valence-corrected chi connectivity index (χ3v) is 10.1. The normalized spacial score (nSPS) is 29.7. The molecule has 14 heteroatoms. The molecule has 2 aliphatic heterocycles. The molecular weight excluding hydrogens is 692 g/mol. The molecule has 2 rings (SSSR count). The number of hydrogen-bond donors (Lipinski definition) is 7. The fraction of sp³-hybridized carbons (Fsp3) is 0.974. The first-order valence-electron chi connectivity index (χ1n) is 20.6. The van der Waals surface area contributed by atoms with Crippen molar-refractivity contribution < 1.29 is 69.0 Å². The molecule has 0 aromatic carbocycles. The summed E-state index contributed by atoms with van der Waals surface area (Å²) in [4.78, 5) is 12.8. The zero-order valence-corrected chi connectivity index (χ0v) is 32.5. The van der Waals surface area contributed by atoms with Gasteiger partial charge in [-0.05, 0) is 12.8 Å². The van der Waals surface area contributed by atoms with Crippen molar-refractivity contribution in [3.05, 3.63) is 0 Å². The van der Waals surface area contributed by atoms with Gasteiger partial charge in [0.25, 0.3) is 0 Å². The number of aliphatic hydroxyl groups is 7. The Balaban J connectivity index is 1.85. The van der Waals surface area contributed by atoms with E-state index in [9.17, 15) is 40.5 Å². The van der Waals surface area contributed by atoms with Crippen LogP contribution >= 0.6 is 0 Å². The lowest BCUT2D eigenvalue weighted by molar-refractivity contribution is -0.332. The molecule has 0 aromatic heterocycles. The predicted octanol–water partition coefficient (Wildman–Crippen LogP) is 3.40. The van der Waals surface area contributed by atoms with Gasteiger partial charge in [-0.1, -0.05) is 123 Å². The highest BCUT2D eigenvalue weighted by Crippen LogP contribution is 2.26. The lowest BCUT2D eigenvalue weighted by atomic mass is 9.98. The maximum Gasteiger partial charge on any atom is 0.306 e. The first-order valence-corrected chi connectivity index (χ1v) is 20.6. The van der Waals surface area contributed by atoms with Crippen LogP contribution in [0, 0.1) is 0 Å². The fourth-order valence-corrected chi connectivity index (χ4v) is 6.64. The minimum absolute atomic E-state index is 0.0680. The standard InChI is InChI=1S/C39H74O14/c1-3-5-7-9-11-13-14-15-17-19-21-23-48-25-28(51-31(41)22-20-18-16-12-10-8-6-4-2)26-49-38-37(47)35(45)33(43)30(53-38)27-50-39-36(46)34(44)32(42)29(24-40)52-39/h28-30,32-40,42-47H,3-27H2,1-2H3. The minimum Gasteiger partial charge on any atom is -0.457 e. The Labute approximate surface area is 317 Å². The maximum atomic E-state index is 12.8. The third-order valence-electron chi connectivity index (χ3n) is 10.1. The van der Waals surface area contributed by atoms with Crippen molar-refractivity contribution in [3.63, 3.8) is 0 Å². The monoisotopic (exact) mass is 767 g/mol. The predicted molar refractivity (Wildman–Crippen MR) is 197 cm³/mol. The number of unbranched alkanes of at least 4 members (excludes halogenated alkanes) is 17. The lowest BCUT2D eigenvalue weighted by Crippen LogP contribution is -2.61. The van der Waals surface area contributed by atoms with Gasteiger partial charge >= 0.3 is 5.97 Å². The van der Waals surface area contributed by atoms with Gasteiger partial charge in [0, 0.05) is 13.0 Å². The van der Waals surface area contributed by atoms with Crippen molar-refractivity contribution in [2.75, 3.05) is 33.0 Å². The zero-order valence-electron chi connectivity index (χ0n) is 32.5.